The molecule has 9 heteroatoms. The van der Waals surface area contributed by atoms with E-state index in [1.807, 2.05) is 13.8 Å². The molecule has 0 spiro atoms. The van der Waals surface area contributed by atoms with E-state index in [-0.39, 0.29) is 12.9 Å². The monoisotopic (exact) mass is 363 g/mol. The quantitative estimate of drug-likeness (QED) is 0.316. The number of carbonyl (C=O) groups is 1. The van der Waals surface area contributed by atoms with Crippen molar-refractivity contribution in [3.63, 3.8) is 0 Å². The van der Waals surface area contributed by atoms with Crippen LogP contribution in [0.25, 0.3) is 11.0 Å². The predicted octanol–water partition coefficient (Wildman–Crippen LogP) is 2.42. The van der Waals surface area contributed by atoms with Crippen molar-refractivity contribution >= 4 is 28.4 Å². The van der Waals surface area contributed by atoms with Crippen molar-refractivity contribution in [2.75, 3.05) is 26.3 Å². The van der Waals surface area contributed by atoms with Gasteiger partial charge in [0, 0.05) is 39.1 Å². The second kappa shape index (κ2) is 9.25. The first-order valence-electron chi connectivity index (χ1n) is 8.42. The Kier molecular flexibility index (Phi) is 7.05. The van der Waals surface area contributed by atoms with E-state index in [0.717, 1.165) is 5.71 Å². The highest BCUT2D eigenvalue weighted by molar-refractivity contribution is 6.04. The van der Waals surface area contributed by atoms with Gasteiger partial charge in [-0.3, -0.25) is 5.43 Å². The van der Waals surface area contributed by atoms with Gasteiger partial charge in [-0.15, -0.1) is 0 Å². The van der Waals surface area contributed by atoms with Gasteiger partial charge >= 0.3 is 5.97 Å². The molecule has 0 saturated heterocycles. The number of aromatic nitrogens is 3. The lowest BCUT2D eigenvalue weighted by atomic mass is 10.2. The van der Waals surface area contributed by atoms with Crippen molar-refractivity contribution in [1.29, 1.82) is 0 Å². The van der Waals surface area contributed by atoms with Gasteiger partial charge in [-0.2, -0.15) is 10.2 Å². The van der Waals surface area contributed by atoms with Crippen molar-refractivity contribution in [2.24, 2.45) is 5.10 Å². The van der Waals surface area contributed by atoms with Gasteiger partial charge < -0.3 is 14.2 Å². The molecule has 142 valence electrons. The molecule has 0 unspecified atom stereocenters. The molecule has 2 aromatic rings. The number of rotatable bonds is 9. The summed E-state index contributed by atoms with van der Waals surface area (Å²) in [7, 11) is 3.14. The van der Waals surface area contributed by atoms with E-state index in [2.05, 4.69) is 20.6 Å². The molecule has 0 atom stereocenters. The maximum absolute atomic E-state index is 12.3. The summed E-state index contributed by atoms with van der Waals surface area (Å²) >= 11 is 0. The van der Waals surface area contributed by atoms with Crippen molar-refractivity contribution < 1.29 is 19.0 Å². The molecular formula is C17H25N5O4. The Hall–Kier alpha value is -2.52. The van der Waals surface area contributed by atoms with Crippen LogP contribution in [0.3, 0.4) is 0 Å². The van der Waals surface area contributed by atoms with Crippen LogP contribution in [0.2, 0.25) is 0 Å². The summed E-state index contributed by atoms with van der Waals surface area (Å²) in [5, 5.41) is 9.35. The van der Waals surface area contributed by atoms with Crippen molar-refractivity contribution in [1.82, 2.24) is 14.8 Å². The molecule has 0 radical (unpaired) electrons. The average Bonchev–Trinajstić information content (AvgIpc) is 3.07. The van der Waals surface area contributed by atoms with Crippen LogP contribution in [0, 0.1) is 0 Å². The van der Waals surface area contributed by atoms with Crippen LogP contribution in [0.5, 0.6) is 0 Å². The summed E-state index contributed by atoms with van der Waals surface area (Å²) in [4.78, 5) is 16.6. The van der Waals surface area contributed by atoms with Crippen molar-refractivity contribution in [2.45, 2.75) is 40.0 Å². The number of fused-ring (bicyclic) bond motifs is 1. The highest BCUT2D eigenvalue weighted by Crippen LogP contribution is 2.26. The maximum atomic E-state index is 12.3. The Morgan fingerprint density at radius 1 is 1.31 bits per heavy atom. The van der Waals surface area contributed by atoms with Crippen molar-refractivity contribution in [3.8, 4) is 0 Å². The number of methoxy groups -OCH3 is 2. The van der Waals surface area contributed by atoms with Crippen LogP contribution in [0.4, 0.5) is 5.69 Å². The zero-order valence-corrected chi connectivity index (χ0v) is 15.8. The van der Waals surface area contributed by atoms with Gasteiger partial charge in [0.1, 0.15) is 5.56 Å². The number of pyridine rings is 1. The number of nitrogens with one attached hydrogen (secondary N) is 1. The molecule has 0 aromatic carbocycles. The van der Waals surface area contributed by atoms with Crippen LogP contribution in [-0.4, -0.2) is 53.6 Å². The second-order valence-electron chi connectivity index (χ2n) is 5.53. The first-order chi connectivity index (χ1) is 12.5. The van der Waals surface area contributed by atoms with Gasteiger partial charge in [0.15, 0.2) is 11.9 Å². The lowest BCUT2D eigenvalue weighted by Gasteiger charge is -2.14. The van der Waals surface area contributed by atoms with Crippen LogP contribution in [0.15, 0.2) is 17.5 Å². The van der Waals surface area contributed by atoms with E-state index < -0.39 is 5.97 Å². The zero-order valence-electron chi connectivity index (χ0n) is 15.8. The van der Waals surface area contributed by atoms with Gasteiger partial charge in [-0.05, 0) is 20.8 Å². The minimum Gasteiger partial charge on any atom is -0.462 e. The number of anilines is 1. The Morgan fingerprint density at radius 2 is 2.04 bits per heavy atom. The maximum Gasteiger partial charge on any atom is 0.341 e. The van der Waals surface area contributed by atoms with Gasteiger partial charge in [0.25, 0.3) is 0 Å². The first-order valence-corrected chi connectivity index (χ1v) is 8.42. The lowest BCUT2D eigenvalue weighted by Crippen LogP contribution is -2.17. The molecule has 0 saturated carbocycles. The molecule has 0 aliphatic heterocycles. The topological polar surface area (TPSA) is 99.9 Å². The van der Waals surface area contributed by atoms with Gasteiger partial charge in [0.05, 0.1) is 23.9 Å². The summed E-state index contributed by atoms with van der Waals surface area (Å²) < 4.78 is 17.2. The van der Waals surface area contributed by atoms with Crippen LogP contribution in [0.1, 0.15) is 37.6 Å². The molecule has 2 heterocycles. The normalized spacial score (nSPS) is 12.0. The molecule has 26 heavy (non-hydrogen) atoms. The molecular weight excluding hydrogens is 338 g/mol. The number of carbonyl (C=O) groups excluding carboxylic acids is 1. The van der Waals surface area contributed by atoms with E-state index in [1.54, 1.807) is 32.0 Å². The SMILES string of the molecule is CCOC(=O)c1cnc2c(cnn2CC)c1N/N=C(\C)CC(OC)OC. The Morgan fingerprint density at radius 3 is 2.65 bits per heavy atom. The van der Waals surface area contributed by atoms with Crippen molar-refractivity contribution in [3.05, 3.63) is 18.0 Å². The zero-order chi connectivity index (χ0) is 19.1. The largest absolute Gasteiger partial charge is 0.462 e. The summed E-state index contributed by atoms with van der Waals surface area (Å²) in [6, 6.07) is 0. The predicted molar refractivity (Wildman–Crippen MR) is 98.3 cm³/mol. The number of ether oxygens (including phenoxy) is 3. The summed E-state index contributed by atoms with van der Waals surface area (Å²) in [5.41, 5.74) is 5.21. The Bertz CT molecular complexity index is 783. The molecule has 0 bridgehead atoms. The molecule has 1 N–H and O–H groups in total. The third-order valence-corrected chi connectivity index (χ3v) is 3.81. The molecule has 0 amide bonds. The average molecular weight is 363 g/mol. The summed E-state index contributed by atoms with van der Waals surface area (Å²) in [5.74, 6) is -0.465. The van der Waals surface area contributed by atoms with Gasteiger partial charge in [0.2, 0.25) is 0 Å². The van der Waals surface area contributed by atoms with Crippen LogP contribution in [-0.2, 0) is 20.8 Å². The van der Waals surface area contributed by atoms with E-state index in [0.29, 0.717) is 35.2 Å². The van der Waals surface area contributed by atoms with E-state index in [1.165, 1.54) is 6.20 Å². The number of aryl methyl sites for hydroxylation is 1. The minimum absolute atomic E-state index is 0.274. The fraction of sp³-hybridized carbons (Fsp3) is 0.529. The number of esters is 1. The minimum atomic E-state index is -0.465. The molecule has 0 fully saturated rings. The van der Waals surface area contributed by atoms with Crippen LogP contribution < -0.4 is 5.43 Å². The van der Waals surface area contributed by atoms with E-state index >= 15 is 0 Å². The number of hydrogen-bond acceptors (Lipinski definition) is 8. The summed E-state index contributed by atoms with van der Waals surface area (Å²) in [6.07, 6.45) is 3.24. The smallest absolute Gasteiger partial charge is 0.341 e. The Balaban J connectivity index is 2.40. The third-order valence-electron chi connectivity index (χ3n) is 3.81. The van der Waals surface area contributed by atoms with E-state index in [4.69, 9.17) is 14.2 Å². The second-order valence-corrected chi connectivity index (χ2v) is 5.53. The molecule has 9 nitrogen and oxygen atoms in total. The molecule has 2 rings (SSSR count). The molecule has 0 aliphatic carbocycles. The van der Waals surface area contributed by atoms with Gasteiger partial charge in [-0.25, -0.2) is 14.5 Å². The molecule has 0 aliphatic rings. The van der Waals surface area contributed by atoms with E-state index in [9.17, 15) is 4.79 Å². The van der Waals surface area contributed by atoms with Gasteiger partial charge in [-0.1, -0.05) is 0 Å². The first kappa shape index (κ1) is 19.8. The highest BCUT2D eigenvalue weighted by Gasteiger charge is 2.19. The number of hydrogen-bond donors (Lipinski definition) is 1. The summed E-state index contributed by atoms with van der Waals surface area (Å²) in [6.45, 7) is 6.51. The fourth-order valence-electron chi connectivity index (χ4n) is 2.44. The molecule has 2 aromatic heterocycles. The third kappa shape index (κ3) is 4.36. The number of nitrogens with zero attached hydrogens (tertiary/aromatic N) is 4. The van der Waals surface area contributed by atoms with Crippen LogP contribution >= 0.6 is 0 Å². The fourth-order valence-corrected chi connectivity index (χ4v) is 2.44. The standard InChI is InChI=1S/C17H25N5O4/c1-6-22-16-12(10-19-22)15(13(9-18-16)17(23)26-7-2)21-20-11(3)8-14(24-4)25-5/h9-10,14H,6-8H2,1-5H3,(H,18,21)/b20-11+. The number of hydrazone groups is 1. The Labute approximate surface area is 152 Å². The lowest BCUT2D eigenvalue weighted by molar-refractivity contribution is -0.0958. The highest BCUT2D eigenvalue weighted by atomic mass is 16.7.